The summed E-state index contributed by atoms with van der Waals surface area (Å²) in [5.74, 6) is 0. The largest absolute Gasteiger partial charge is 0.147 e. The average molecular weight is 723 g/mol. The third-order valence-corrected chi connectivity index (χ3v) is 28.1. The van der Waals surface area contributed by atoms with E-state index in [1.807, 2.05) is 0 Å². The Hall–Kier alpha value is -2.74. The van der Waals surface area contributed by atoms with Crippen molar-refractivity contribution in [2.45, 2.75) is 37.3 Å². The molecule has 6 aromatic carbocycles. The summed E-state index contributed by atoms with van der Waals surface area (Å²) in [5, 5.41) is 5.31. The third-order valence-electron chi connectivity index (χ3n) is 10.6. The van der Waals surface area contributed by atoms with Crippen LogP contribution in [0.25, 0.3) is 49.9 Å². The normalized spacial score (nSPS) is 15.6. The summed E-state index contributed by atoms with van der Waals surface area (Å²) >= 11 is -3.67. The summed E-state index contributed by atoms with van der Waals surface area (Å²) in [6, 6.07) is 41.8. The Balaban J connectivity index is 0.00000179. The van der Waals surface area contributed by atoms with Crippen molar-refractivity contribution in [1.82, 2.24) is 0 Å². The summed E-state index contributed by atoms with van der Waals surface area (Å²) in [6.07, 6.45) is 2.55. The fourth-order valence-corrected chi connectivity index (χ4v) is 28.8. The van der Waals surface area contributed by atoms with Crippen LogP contribution in [-0.2, 0) is 17.4 Å². The topological polar surface area (TPSA) is 0 Å². The SMILES string of the molecule is CC1=Cc2c(-c3cc4ccccc4c4ccccc34)cccc2[CH]1[Zr]([CH3])([CH3])(=[SiH2])[CH]1c2cc(C)ccc2-c2ccc(C)cc21.Cl.Cl. The zero-order valence-corrected chi connectivity index (χ0v) is 32.2. The van der Waals surface area contributed by atoms with E-state index in [0.29, 0.717) is 7.25 Å². The number of hydrogen-bond donors (Lipinski definition) is 0. The van der Waals surface area contributed by atoms with E-state index in [9.17, 15) is 0 Å². The van der Waals surface area contributed by atoms with Gasteiger partial charge in [-0.3, -0.25) is 0 Å². The minimum absolute atomic E-state index is 0. The summed E-state index contributed by atoms with van der Waals surface area (Å²) in [5.41, 5.74) is 16.0. The summed E-state index contributed by atoms with van der Waals surface area (Å²) < 4.78 is 6.49. The number of hydrogen-bond acceptors (Lipinski definition) is 0. The Bertz CT molecular complexity index is 2220. The van der Waals surface area contributed by atoms with Crippen LogP contribution in [0.3, 0.4) is 0 Å². The van der Waals surface area contributed by atoms with Gasteiger partial charge in [0.05, 0.1) is 0 Å². The number of allylic oxidation sites excluding steroid dienone is 1. The van der Waals surface area contributed by atoms with Crippen molar-refractivity contribution >= 4 is 59.3 Å². The van der Waals surface area contributed by atoms with E-state index in [2.05, 4.69) is 152 Å². The van der Waals surface area contributed by atoms with Crippen molar-refractivity contribution in [3.8, 4) is 22.3 Å². The molecule has 4 heteroatoms. The van der Waals surface area contributed by atoms with Crippen molar-refractivity contribution < 1.29 is 17.4 Å². The molecule has 2 aliphatic carbocycles. The summed E-state index contributed by atoms with van der Waals surface area (Å²) in [6.45, 7) is 9.38. The molecule has 0 nitrogen and oxygen atoms in total. The molecular formula is C41H40Cl2SiZr. The molecule has 8 rings (SSSR count). The van der Waals surface area contributed by atoms with Crippen LogP contribution in [0, 0.1) is 13.8 Å². The molecule has 1 unspecified atom stereocenters. The zero-order chi connectivity index (χ0) is 29.7. The van der Waals surface area contributed by atoms with Crippen molar-refractivity contribution in [1.29, 1.82) is 0 Å². The number of halogens is 2. The van der Waals surface area contributed by atoms with Gasteiger partial charge >= 0.3 is 260 Å². The molecule has 0 aliphatic heterocycles. The monoisotopic (exact) mass is 720 g/mol. The first kappa shape index (κ1) is 32.2. The van der Waals surface area contributed by atoms with Crippen LogP contribution in [0.15, 0.2) is 115 Å². The van der Waals surface area contributed by atoms with Crippen LogP contribution in [0.1, 0.15) is 47.6 Å². The van der Waals surface area contributed by atoms with E-state index in [0.717, 1.165) is 0 Å². The standard InChI is InChI=1S/C24H17.C15H13.2CH3.2ClH.H2Si.Zr/c1-16-13-17-8-6-12-22(23(17)14-16)24-15-18-7-2-3-9-19(18)20-10-4-5-11-21(20)24;1-10-3-5-14-12(7-10)9-13-8-11(2)4-6-15(13)14;;;;;;/h2-15H,1H3;3-9H,1-2H3;2*1H3;2*1H;1H2;. The minimum Gasteiger partial charge on any atom is -0.147 e. The van der Waals surface area contributed by atoms with E-state index in [1.54, 1.807) is 22.3 Å². The van der Waals surface area contributed by atoms with Crippen LogP contribution in [0.5, 0.6) is 0 Å². The number of rotatable bonds is 3. The second-order valence-corrected chi connectivity index (χ2v) is 44.8. The Morgan fingerprint density at radius 3 is 1.73 bits per heavy atom. The van der Waals surface area contributed by atoms with E-state index >= 15 is 0 Å². The molecule has 0 spiro atoms. The maximum atomic E-state index is 2.75. The van der Waals surface area contributed by atoms with Crippen LogP contribution < -0.4 is 0 Å². The van der Waals surface area contributed by atoms with Crippen LogP contribution in [0.2, 0.25) is 9.26 Å². The predicted octanol–water partition coefficient (Wildman–Crippen LogP) is 11.7. The molecule has 0 saturated heterocycles. The van der Waals surface area contributed by atoms with Gasteiger partial charge in [-0.15, -0.1) is 24.8 Å². The van der Waals surface area contributed by atoms with Gasteiger partial charge in [-0.2, -0.15) is 0 Å². The maximum Gasteiger partial charge on any atom is -0.147 e. The average Bonchev–Trinajstić information content (AvgIpc) is 3.51. The molecule has 0 bridgehead atoms. The maximum absolute atomic E-state index is 3.67. The van der Waals surface area contributed by atoms with Gasteiger partial charge in [0.15, 0.2) is 0 Å². The van der Waals surface area contributed by atoms with E-state index in [-0.39, 0.29) is 24.8 Å². The first-order valence-corrected chi connectivity index (χ1v) is 29.3. The van der Waals surface area contributed by atoms with Crippen molar-refractivity contribution in [2.24, 2.45) is 0 Å². The molecule has 0 fully saturated rings. The van der Waals surface area contributed by atoms with E-state index < -0.39 is 17.4 Å². The Morgan fingerprint density at radius 1 is 0.511 bits per heavy atom. The molecule has 0 aromatic heterocycles. The molecular weight excluding hydrogens is 683 g/mol. The Labute approximate surface area is 282 Å². The van der Waals surface area contributed by atoms with Gasteiger partial charge in [-0.25, -0.2) is 0 Å². The van der Waals surface area contributed by atoms with Crippen molar-refractivity contribution in [3.05, 3.63) is 148 Å². The van der Waals surface area contributed by atoms with Gasteiger partial charge < -0.3 is 0 Å². The Kier molecular flexibility index (Phi) is 8.02. The third kappa shape index (κ3) is 4.79. The summed E-state index contributed by atoms with van der Waals surface area (Å²) in [7, 11) is 0. The number of aryl methyl sites for hydroxylation is 2. The van der Waals surface area contributed by atoms with Gasteiger partial charge in [-0.05, 0) is 0 Å². The molecule has 226 valence electrons. The molecule has 0 radical (unpaired) electrons. The molecule has 6 aromatic rings. The molecule has 45 heavy (non-hydrogen) atoms. The van der Waals surface area contributed by atoms with Crippen molar-refractivity contribution in [3.63, 3.8) is 0 Å². The van der Waals surface area contributed by atoms with Crippen LogP contribution >= 0.6 is 24.8 Å². The van der Waals surface area contributed by atoms with Crippen LogP contribution in [-0.4, -0.2) is 6.88 Å². The molecule has 1 atom stereocenters. The van der Waals surface area contributed by atoms with Gasteiger partial charge in [0.25, 0.3) is 0 Å². The number of benzene rings is 6. The first-order valence-electron chi connectivity index (χ1n) is 15.6. The van der Waals surface area contributed by atoms with Gasteiger partial charge in [0, 0.05) is 0 Å². The van der Waals surface area contributed by atoms with Crippen molar-refractivity contribution in [2.75, 3.05) is 0 Å². The van der Waals surface area contributed by atoms with Gasteiger partial charge in [0.2, 0.25) is 0 Å². The molecule has 2 aliphatic rings. The molecule has 0 amide bonds. The minimum atomic E-state index is -3.67. The van der Waals surface area contributed by atoms with E-state index in [1.165, 1.54) is 60.5 Å². The zero-order valence-electron chi connectivity index (χ0n) is 26.6. The molecule has 0 saturated carbocycles. The van der Waals surface area contributed by atoms with Gasteiger partial charge in [-0.1, -0.05) is 0 Å². The fraction of sp³-hybridized carbons (Fsp3) is 0.171. The van der Waals surface area contributed by atoms with Crippen LogP contribution in [0.4, 0.5) is 0 Å². The second-order valence-electron chi connectivity index (χ2n) is 14.4. The quantitative estimate of drug-likeness (QED) is 0.126. The summed E-state index contributed by atoms with van der Waals surface area (Å²) in [4.78, 5) is 0. The fourth-order valence-electron chi connectivity index (χ4n) is 9.01. The molecule has 0 N–H and O–H groups in total. The van der Waals surface area contributed by atoms with E-state index in [4.69, 9.17) is 0 Å². The predicted molar refractivity (Wildman–Crippen MR) is 201 cm³/mol. The number of fused-ring (bicyclic) bond motifs is 7. The second kappa shape index (κ2) is 11.2. The van der Waals surface area contributed by atoms with Gasteiger partial charge in [0.1, 0.15) is 0 Å². The first-order chi connectivity index (χ1) is 20.6. The smallest absolute Gasteiger partial charge is 0.147 e. The Morgan fingerprint density at radius 2 is 1.09 bits per heavy atom. The molecule has 0 heterocycles.